The van der Waals surface area contributed by atoms with E-state index >= 15 is 0 Å². The van der Waals surface area contributed by atoms with Crippen molar-refractivity contribution in [2.75, 3.05) is 17.2 Å². The highest BCUT2D eigenvalue weighted by Gasteiger charge is 2.49. The van der Waals surface area contributed by atoms with E-state index in [1.807, 2.05) is 0 Å². The van der Waals surface area contributed by atoms with Gasteiger partial charge in [0.15, 0.2) is 0 Å². The van der Waals surface area contributed by atoms with Gasteiger partial charge in [-0.05, 0) is 24.3 Å². The first-order valence-electron chi connectivity index (χ1n) is 4.78. The molecule has 92 valence electrons. The van der Waals surface area contributed by atoms with E-state index in [0.29, 0.717) is 11.4 Å². The van der Waals surface area contributed by atoms with Crippen molar-refractivity contribution < 1.29 is 22.7 Å². The lowest BCUT2D eigenvalue weighted by atomic mass is 10.2. The Morgan fingerprint density at radius 1 is 1.29 bits per heavy atom. The number of nitrogens with zero attached hydrogens (tertiary/aromatic N) is 1. The lowest BCUT2D eigenvalue weighted by molar-refractivity contribution is -0.191. The van der Waals surface area contributed by atoms with Gasteiger partial charge in [-0.2, -0.15) is 13.2 Å². The zero-order chi connectivity index (χ0) is 12.6. The van der Waals surface area contributed by atoms with E-state index in [2.05, 4.69) is 4.74 Å². The molecular weight excluding hydrogens is 237 g/mol. The molecule has 2 rings (SSSR count). The second kappa shape index (κ2) is 3.83. The molecule has 1 saturated heterocycles. The maximum Gasteiger partial charge on any atom is 0.427 e. The van der Waals surface area contributed by atoms with Gasteiger partial charge in [-0.1, -0.05) is 0 Å². The number of ether oxygens (including phenoxy) is 1. The van der Waals surface area contributed by atoms with E-state index in [9.17, 15) is 18.0 Å². The molecule has 1 atom stereocenters. The molecule has 1 fully saturated rings. The zero-order valence-electron chi connectivity index (χ0n) is 8.57. The normalized spacial score (nSPS) is 20.5. The van der Waals surface area contributed by atoms with Gasteiger partial charge in [0.25, 0.3) is 0 Å². The number of rotatable bonds is 1. The number of hydrogen-bond acceptors (Lipinski definition) is 3. The number of hydrogen-bond donors (Lipinski definition) is 1. The number of amides is 1. The average molecular weight is 246 g/mol. The van der Waals surface area contributed by atoms with E-state index in [-0.39, 0.29) is 0 Å². The molecule has 1 heterocycles. The minimum atomic E-state index is -4.54. The standard InChI is InChI=1S/C10H9F3N2O2/c11-10(12,13)8-5-15(9(16)17-8)7-3-1-6(14)2-4-7/h1-4,8H,5,14H2/t8-/m0/s1. The highest BCUT2D eigenvalue weighted by molar-refractivity contribution is 5.90. The third kappa shape index (κ3) is 2.27. The number of carbonyl (C=O) groups is 1. The van der Waals surface area contributed by atoms with Crippen LogP contribution in [0.15, 0.2) is 24.3 Å². The molecule has 0 spiro atoms. The fourth-order valence-corrected chi connectivity index (χ4v) is 1.50. The summed E-state index contributed by atoms with van der Waals surface area (Å²) in [6.45, 7) is -0.535. The van der Waals surface area contributed by atoms with Gasteiger partial charge in [0.1, 0.15) is 0 Å². The second-order valence-corrected chi connectivity index (χ2v) is 3.62. The second-order valence-electron chi connectivity index (χ2n) is 3.62. The Balaban J connectivity index is 2.19. The first-order chi connectivity index (χ1) is 7.88. The van der Waals surface area contributed by atoms with Gasteiger partial charge in [-0.25, -0.2) is 4.79 Å². The van der Waals surface area contributed by atoms with Crippen LogP contribution in [0.5, 0.6) is 0 Å². The Hall–Kier alpha value is -1.92. The van der Waals surface area contributed by atoms with E-state index in [4.69, 9.17) is 5.73 Å². The first kappa shape index (κ1) is 11.6. The molecule has 4 nitrogen and oxygen atoms in total. The van der Waals surface area contributed by atoms with E-state index in [0.717, 1.165) is 4.90 Å². The van der Waals surface area contributed by atoms with Crippen molar-refractivity contribution in [1.29, 1.82) is 0 Å². The average Bonchev–Trinajstić information content (AvgIpc) is 2.61. The highest BCUT2D eigenvalue weighted by atomic mass is 19.4. The summed E-state index contributed by atoms with van der Waals surface area (Å²) in [6.07, 6.45) is -7.62. The van der Waals surface area contributed by atoms with Crippen molar-refractivity contribution >= 4 is 17.5 Å². The number of halogens is 3. The van der Waals surface area contributed by atoms with Gasteiger partial charge in [0.2, 0.25) is 6.10 Å². The fraction of sp³-hybridized carbons (Fsp3) is 0.300. The van der Waals surface area contributed by atoms with E-state index in [1.165, 1.54) is 24.3 Å². The molecule has 1 aromatic rings. The Labute approximate surface area is 94.8 Å². The van der Waals surface area contributed by atoms with Crippen molar-refractivity contribution in [3.05, 3.63) is 24.3 Å². The van der Waals surface area contributed by atoms with Crippen LogP contribution >= 0.6 is 0 Å². The summed E-state index contributed by atoms with van der Waals surface area (Å²) in [5, 5.41) is 0. The molecule has 0 bridgehead atoms. The van der Waals surface area contributed by atoms with Crippen LogP contribution in [-0.4, -0.2) is 24.9 Å². The summed E-state index contributed by atoms with van der Waals surface area (Å²) in [5.41, 5.74) is 6.24. The van der Waals surface area contributed by atoms with Gasteiger partial charge < -0.3 is 10.5 Å². The lowest BCUT2D eigenvalue weighted by Crippen LogP contribution is -2.33. The molecule has 7 heteroatoms. The lowest BCUT2D eigenvalue weighted by Gasteiger charge is -2.14. The number of nitrogens with two attached hydrogens (primary N) is 1. The van der Waals surface area contributed by atoms with Gasteiger partial charge in [0.05, 0.1) is 6.54 Å². The highest BCUT2D eigenvalue weighted by Crippen LogP contribution is 2.31. The number of anilines is 2. The molecular formula is C10H9F3N2O2. The third-order valence-electron chi connectivity index (χ3n) is 2.38. The molecule has 2 N–H and O–H groups in total. The minimum absolute atomic E-state index is 0.330. The largest absolute Gasteiger partial charge is 0.434 e. The summed E-state index contributed by atoms with van der Waals surface area (Å²) in [6, 6.07) is 5.94. The Bertz CT molecular complexity index is 430. The Kier molecular flexibility index (Phi) is 2.60. The fourth-order valence-electron chi connectivity index (χ4n) is 1.50. The molecule has 0 aromatic heterocycles. The van der Waals surface area contributed by atoms with Crippen molar-refractivity contribution in [3.8, 4) is 0 Å². The first-order valence-corrected chi connectivity index (χ1v) is 4.78. The molecule has 1 amide bonds. The van der Waals surface area contributed by atoms with Crippen LogP contribution in [0.25, 0.3) is 0 Å². The van der Waals surface area contributed by atoms with Gasteiger partial charge in [0, 0.05) is 11.4 Å². The minimum Gasteiger partial charge on any atom is -0.434 e. The Morgan fingerprint density at radius 3 is 2.35 bits per heavy atom. The molecule has 1 aliphatic rings. The number of alkyl halides is 3. The van der Waals surface area contributed by atoms with Crippen LogP contribution in [0.3, 0.4) is 0 Å². The Morgan fingerprint density at radius 2 is 1.88 bits per heavy atom. The molecule has 1 aliphatic heterocycles. The zero-order valence-corrected chi connectivity index (χ0v) is 8.57. The van der Waals surface area contributed by atoms with Crippen LogP contribution in [0.1, 0.15) is 0 Å². The predicted molar refractivity (Wildman–Crippen MR) is 54.5 cm³/mol. The topological polar surface area (TPSA) is 55.6 Å². The maximum atomic E-state index is 12.4. The van der Waals surface area contributed by atoms with Gasteiger partial charge in [-0.15, -0.1) is 0 Å². The number of benzene rings is 1. The molecule has 17 heavy (non-hydrogen) atoms. The monoisotopic (exact) mass is 246 g/mol. The van der Waals surface area contributed by atoms with Crippen LogP contribution in [0, 0.1) is 0 Å². The number of nitrogen functional groups attached to an aromatic ring is 1. The summed E-state index contributed by atoms with van der Waals surface area (Å²) in [5.74, 6) is 0. The van der Waals surface area contributed by atoms with Crippen molar-refractivity contribution in [2.24, 2.45) is 0 Å². The van der Waals surface area contributed by atoms with Crippen LogP contribution in [0.2, 0.25) is 0 Å². The van der Waals surface area contributed by atoms with Crippen molar-refractivity contribution in [2.45, 2.75) is 12.3 Å². The number of carbonyl (C=O) groups excluding carboxylic acids is 1. The van der Waals surface area contributed by atoms with Crippen LogP contribution in [-0.2, 0) is 4.74 Å². The van der Waals surface area contributed by atoms with Gasteiger partial charge >= 0.3 is 12.3 Å². The predicted octanol–water partition coefficient (Wildman–Crippen LogP) is 2.16. The molecule has 0 radical (unpaired) electrons. The van der Waals surface area contributed by atoms with E-state index < -0.39 is 24.9 Å². The summed E-state index contributed by atoms with van der Waals surface area (Å²) in [4.78, 5) is 12.2. The summed E-state index contributed by atoms with van der Waals surface area (Å²) in [7, 11) is 0. The number of cyclic esters (lactones) is 1. The third-order valence-corrected chi connectivity index (χ3v) is 2.38. The maximum absolute atomic E-state index is 12.4. The summed E-state index contributed by atoms with van der Waals surface area (Å²) >= 11 is 0. The van der Waals surface area contributed by atoms with Crippen molar-refractivity contribution in [1.82, 2.24) is 0 Å². The van der Waals surface area contributed by atoms with Crippen molar-refractivity contribution in [3.63, 3.8) is 0 Å². The molecule has 0 aliphatic carbocycles. The smallest absolute Gasteiger partial charge is 0.427 e. The SMILES string of the molecule is Nc1ccc(N2C[C@@H](C(F)(F)F)OC2=O)cc1. The summed E-state index contributed by atoms with van der Waals surface area (Å²) < 4.78 is 41.3. The molecule has 1 aromatic carbocycles. The molecule has 0 unspecified atom stereocenters. The van der Waals surface area contributed by atoms with E-state index in [1.54, 1.807) is 0 Å². The van der Waals surface area contributed by atoms with Gasteiger partial charge in [-0.3, -0.25) is 4.90 Å². The molecule has 0 saturated carbocycles. The quantitative estimate of drug-likeness (QED) is 0.772. The van der Waals surface area contributed by atoms with Crippen LogP contribution in [0.4, 0.5) is 29.3 Å². The van der Waals surface area contributed by atoms with Crippen LogP contribution < -0.4 is 10.6 Å².